The first-order valence-corrected chi connectivity index (χ1v) is 9.02. The monoisotopic (exact) mass is 356 g/mol. The van der Waals surface area contributed by atoms with E-state index in [0.717, 1.165) is 24.4 Å². The molecule has 2 aromatic carbocycles. The Kier molecular flexibility index (Phi) is 7.48. The van der Waals surface area contributed by atoms with Crippen LogP contribution in [0.4, 0.5) is 5.69 Å². The molecule has 1 amide bonds. The lowest BCUT2D eigenvalue weighted by molar-refractivity contribution is -0.904. The van der Waals surface area contributed by atoms with Gasteiger partial charge in [0.05, 0.1) is 13.7 Å². The Morgan fingerprint density at radius 1 is 1.12 bits per heavy atom. The van der Waals surface area contributed by atoms with Gasteiger partial charge in [0.25, 0.3) is 5.91 Å². The number of carbonyl (C=O) groups excluding carboxylic acids is 1. The van der Waals surface area contributed by atoms with E-state index < -0.39 is 0 Å². The predicted octanol–water partition coefficient (Wildman–Crippen LogP) is 1.48. The van der Waals surface area contributed by atoms with Gasteiger partial charge in [-0.25, -0.2) is 0 Å². The molecule has 0 heterocycles. The summed E-state index contributed by atoms with van der Waals surface area (Å²) in [5.74, 6) is 0.853. The van der Waals surface area contributed by atoms with Gasteiger partial charge in [0, 0.05) is 37.5 Å². The van der Waals surface area contributed by atoms with Gasteiger partial charge in [-0.2, -0.15) is 0 Å². The van der Waals surface area contributed by atoms with Crippen molar-refractivity contribution in [3.8, 4) is 5.75 Å². The Balaban J connectivity index is 1.87. The average molecular weight is 356 g/mol. The van der Waals surface area contributed by atoms with Gasteiger partial charge in [-0.3, -0.25) is 4.79 Å². The van der Waals surface area contributed by atoms with Crippen molar-refractivity contribution >= 4 is 11.6 Å². The van der Waals surface area contributed by atoms with E-state index in [-0.39, 0.29) is 5.91 Å². The zero-order chi connectivity index (χ0) is 18.9. The highest BCUT2D eigenvalue weighted by Crippen LogP contribution is 2.16. The minimum atomic E-state index is 0.0534. The maximum absolute atomic E-state index is 12.3. The number of amides is 1. The molecule has 140 valence electrons. The van der Waals surface area contributed by atoms with Crippen LogP contribution in [0.5, 0.6) is 5.75 Å². The summed E-state index contributed by atoms with van der Waals surface area (Å²) in [6, 6.07) is 16.3. The van der Waals surface area contributed by atoms with Gasteiger partial charge in [0.2, 0.25) is 0 Å². The number of benzene rings is 2. The van der Waals surface area contributed by atoms with Crippen LogP contribution in [0.2, 0.25) is 0 Å². The lowest BCUT2D eigenvalue weighted by Crippen LogP contribution is -3.11. The molecule has 0 aliphatic carbocycles. The van der Waals surface area contributed by atoms with E-state index in [1.807, 2.05) is 38.4 Å². The number of anilines is 1. The molecule has 2 aromatic rings. The van der Waals surface area contributed by atoms with Crippen molar-refractivity contribution in [2.45, 2.75) is 20.0 Å². The molecule has 2 N–H and O–H groups in total. The van der Waals surface area contributed by atoms with Crippen LogP contribution in [0.1, 0.15) is 18.1 Å². The molecular weight excluding hydrogens is 326 g/mol. The van der Waals surface area contributed by atoms with Crippen LogP contribution in [0, 0.1) is 0 Å². The number of hydrogen-bond acceptors (Lipinski definition) is 3. The number of likely N-dealkylation sites (N-methyl/N-ethyl adjacent to an activating group) is 1. The second kappa shape index (κ2) is 9.82. The molecule has 1 unspecified atom stereocenters. The van der Waals surface area contributed by atoms with Crippen LogP contribution < -0.4 is 19.9 Å². The van der Waals surface area contributed by atoms with E-state index >= 15 is 0 Å². The molecule has 0 spiro atoms. The zero-order valence-electron chi connectivity index (χ0n) is 16.2. The third kappa shape index (κ3) is 5.77. The van der Waals surface area contributed by atoms with Crippen molar-refractivity contribution in [3.05, 3.63) is 59.7 Å². The molecule has 5 heteroatoms. The quantitative estimate of drug-likeness (QED) is 0.715. The Hall–Kier alpha value is -2.53. The smallest absolute Gasteiger partial charge is 0.275 e. The van der Waals surface area contributed by atoms with Gasteiger partial charge >= 0.3 is 0 Å². The maximum atomic E-state index is 12.3. The first kappa shape index (κ1) is 19.8. The molecule has 0 bridgehead atoms. The second-order valence-electron chi connectivity index (χ2n) is 6.61. The van der Waals surface area contributed by atoms with E-state index in [1.54, 1.807) is 7.11 Å². The van der Waals surface area contributed by atoms with Gasteiger partial charge < -0.3 is 19.9 Å². The predicted molar refractivity (Wildman–Crippen MR) is 106 cm³/mol. The Morgan fingerprint density at radius 2 is 1.81 bits per heavy atom. The molecule has 0 fully saturated rings. The summed E-state index contributed by atoms with van der Waals surface area (Å²) in [6.07, 6.45) is 0. The molecular formula is C21H30N3O2+. The summed E-state index contributed by atoms with van der Waals surface area (Å²) in [5.41, 5.74) is 3.41. The number of nitrogens with zero attached hydrogens (tertiary/aromatic N) is 1. The van der Waals surface area contributed by atoms with Crippen molar-refractivity contribution in [1.82, 2.24) is 5.32 Å². The summed E-state index contributed by atoms with van der Waals surface area (Å²) in [4.78, 5) is 15.7. The fourth-order valence-electron chi connectivity index (χ4n) is 2.85. The summed E-state index contributed by atoms with van der Waals surface area (Å²) in [7, 11) is 5.71. The van der Waals surface area contributed by atoms with Crippen molar-refractivity contribution in [1.29, 1.82) is 0 Å². The normalized spacial score (nSPS) is 11.7. The third-order valence-electron chi connectivity index (χ3n) is 4.49. The molecule has 0 aliphatic rings. The van der Waals surface area contributed by atoms with Crippen molar-refractivity contribution in [2.24, 2.45) is 0 Å². The lowest BCUT2D eigenvalue weighted by Gasteiger charge is -2.18. The van der Waals surface area contributed by atoms with E-state index in [2.05, 4.69) is 41.4 Å². The summed E-state index contributed by atoms with van der Waals surface area (Å²) in [5, 5.41) is 3.00. The summed E-state index contributed by atoms with van der Waals surface area (Å²) in [6.45, 7) is 4.79. The molecule has 0 aliphatic heterocycles. The van der Waals surface area contributed by atoms with Gasteiger partial charge in [-0.1, -0.05) is 30.3 Å². The van der Waals surface area contributed by atoms with E-state index in [9.17, 15) is 4.79 Å². The largest absolute Gasteiger partial charge is 0.496 e. The summed E-state index contributed by atoms with van der Waals surface area (Å²) < 4.78 is 5.33. The first-order chi connectivity index (χ1) is 12.5. The number of nitrogens with one attached hydrogen (secondary N) is 2. The Morgan fingerprint density at radius 3 is 2.42 bits per heavy atom. The highest BCUT2D eigenvalue weighted by Gasteiger charge is 2.14. The van der Waals surface area contributed by atoms with Crippen LogP contribution in [-0.2, 0) is 17.9 Å². The number of ether oxygens (including phenoxy) is 1. The zero-order valence-corrected chi connectivity index (χ0v) is 16.2. The Labute approximate surface area is 156 Å². The number of hydrogen-bond donors (Lipinski definition) is 2. The maximum Gasteiger partial charge on any atom is 0.275 e. The molecule has 2 rings (SSSR count). The van der Waals surface area contributed by atoms with E-state index in [0.29, 0.717) is 13.1 Å². The van der Waals surface area contributed by atoms with E-state index in [4.69, 9.17) is 4.74 Å². The fourth-order valence-corrected chi connectivity index (χ4v) is 2.85. The van der Waals surface area contributed by atoms with Crippen LogP contribution in [0.15, 0.2) is 48.5 Å². The summed E-state index contributed by atoms with van der Waals surface area (Å²) >= 11 is 0. The van der Waals surface area contributed by atoms with Crippen LogP contribution in [-0.4, -0.2) is 40.2 Å². The molecule has 26 heavy (non-hydrogen) atoms. The van der Waals surface area contributed by atoms with Crippen LogP contribution in [0.25, 0.3) is 0 Å². The molecule has 5 nitrogen and oxygen atoms in total. The number of methoxy groups -OCH3 is 1. The van der Waals surface area contributed by atoms with E-state index in [1.165, 1.54) is 16.2 Å². The molecule has 0 saturated heterocycles. The number of carbonyl (C=O) groups is 1. The number of rotatable bonds is 9. The second-order valence-corrected chi connectivity index (χ2v) is 6.61. The molecule has 0 saturated carbocycles. The number of quaternary nitrogens is 1. The molecule has 0 aromatic heterocycles. The van der Waals surface area contributed by atoms with Crippen molar-refractivity contribution in [3.63, 3.8) is 0 Å². The van der Waals surface area contributed by atoms with Crippen LogP contribution in [0.3, 0.4) is 0 Å². The van der Waals surface area contributed by atoms with Crippen LogP contribution >= 0.6 is 0 Å². The average Bonchev–Trinajstić information content (AvgIpc) is 2.66. The SMILES string of the molecule is CC[NH+](CC(=O)NCc1ccccc1OC)Cc1ccc(N(C)C)cc1. The molecule has 1 atom stereocenters. The van der Waals surface area contributed by atoms with Gasteiger partial charge in [0.1, 0.15) is 12.3 Å². The third-order valence-corrected chi connectivity index (χ3v) is 4.49. The highest BCUT2D eigenvalue weighted by atomic mass is 16.5. The Bertz CT molecular complexity index is 699. The standard InChI is InChI=1S/C21H29N3O2/c1-5-24(15-17-10-12-19(13-11-17)23(2)3)16-21(25)22-14-18-8-6-7-9-20(18)26-4/h6-13H,5,14-16H2,1-4H3,(H,22,25)/p+1. The number of para-hydroxylation sites is 1. The van der Waals surface area contributed by atoms with Gasteiger partial charge in [-0.05, 0) is 25.1 Å². The highest BCUT2D eigenvalue weighted by molar-refractivity contribution is 5.76. The minimum Gasteiger partial charge on any atom is -0.496 e. The van der Waals surface area contributed by atoms with Gasteiger partial charge in [-0.15, -0.1) is 0 Å². The fraction of sp³-hybridized carbons (Fsp3) is 0.381. The molecule has 0 radical (unpaired) electrons. The van der Waals surface area contributed by atoms with Gasteiger partial charge in [0.15, 0.2) is 6.54 Å². The topological polar surface area (TPSA) is 46.0 Å². The minimum absolute atomic E-state index is 0.0534. The lowest BCUT2D eigenvalue weighted by atomic mass is 10.2. The van der Waals surface area contributed by atoms with Crippen molar-refractivity contribution in [2.75, 3.05) is 39.2 Å². The first-order valence-electron chi connectivity index (χ1n) is 9.02. The van der Waals surface area contributed by atoms with Crippen molar-refractivity contribution < 1.29 is 14.4 Å².